The summed E-state index contributed by atoms with van der Waals surface area (Å²) in [5.74, 6) is 1.47. The third-order valence-electron chi connectivity index (χ3n) is 8.84. The number of carbonyl (C=O) groups is 3. The minimum absolute atomic E-state index is 0.0814. The Morgan fingerprint density at radius 2 is 1.85 bits per heavy atom. The second-order valence-corrected chi connectivity index (χ2v) is 11.6. The highest BCUT2D eigenvalue weighted by molar-refractivity contribution is 5.98. The van der Waals surface area contributed by atoms with Gasteiger partial charge in [0.1, 0.15) is 6.04 Å². The number of para-hydroxylation sites is 1. The number of hydrogen-bond donors (Lipinski definition) is 2. The van der Waals surface area contributed by atoms with Gasteiger partial charge in [-0.2, -0.15) is 0 Å². The van der Waals surface area contributed by atoms with Gasteiger partial charge in [-0.25, -0.2) is 0 Å². The number of H-pyrrole nitrogens is 1. The van der Waals surface area contributed by atoms with Gasteiger partial charge in [0.25, 0.3) is 5.91 Å². The lowest BCUT2D eigenvalue weighted by atomic mass is 10.0. The topological polar surface area (TPSA) is 104 Å². The van der Waals surface area contributed by atoms with E-state index in [1.807, 2.05) is 42.3 Å². The number of fused-ring (bicyclic) bond motifs is 2. The van der Waals surface area contributed by atoms with Gasteiger partial charge in [0.15, 0.2) is 11.5 Å². The summed E-state index contributed by atoms with van der Waals surface area (Å²) in [5.41, 5.74) is 2.34. The Morgan fingerprint density at radius 1 is 1.05 bits per heavy atom. The zero-order valence-electron chi connectivity index (χ0n) is 23.6. The van der Waals surface area contributed by atoms with Crippen molar-refractivity contribution in [1.29, 1.82) is 0 Å². The van der Waals surface area contributed by atoms with Crippen molar-refractivity contribution in [2.24, 2.45) is 5.92 Å². The van der Waals surface area contributed by atoms with E-state index in [0.717, 1.165) is 22.9 Å². The van der Waals surface area contributed by atoms with Crippen LogP contribution in [0.15, 0.2) is 48.7 Å². The number of piperazine rings is 1. The lowest BCUT2D eigenvalue weighted by molar-refractivity contribution is -0.143. The molecule has 3 aliphatic rings. The first-order valence-electron chi connectivity index (χ1n) is 14.8. The maximum atomic E-state index is 14.0. The standard InChI is InChI=1S/C32H38N4O5/c1-21-19-35(14-15-36(21)30(37)13-10-22-6-2-3-7-22)32(39)27(16-24-18-33-26-9-5-4-8-25(24)26)34-31(38)23-11-12-28-29(17-23)41-20-40-28/h4-5,8-9,11-12,17-18,21-22,27,33H,2-3,6-7,10,13-16,19-20H2,1H3,(H,34,38). The van der Waals surface area contributed by atoms with Crippen LogP contribution in [0.4, 0.5) is 0 Å². The molecule has 3 amide bonds. The molecule has 0 bridgehead atoms. The second-order valence-electron chi connectivity index (χ2n) is 11.6. The molecule has 2 fully saturated rings. The Bertz CT molecular complexity index is 1430. The fourth-order valence-electron chi connectivity index (χ4n) is 6.52. The molecule has 2 atom stereocenters. The number of hydrogen-bond acceptors (Lipinski definition) is 5. The second kappa shape index (κ2) is 11.8. The van der Waals surface area contributed by atoms with E-state index in [1.54, 1.807) is 23.1 Å². The van der Waals surface area contributed by atoms with E-state index in [-0.39, 0.29) is 30.6 Å². The molecule has 216 valence electrons. The predicted octanol–water partition coefficient (Wildman–Crippen LogP) is 4.27. The maximum Gasteiger partial charge on any atom is 0.252 e. The average Bonchev–Trinajstić information content (AvgIpc) is 3.76. The van der Waals surface area contributed by atoms with Crippen molar-refractivity contribution >= 4 is 28.6 Å². The number of aromatic nitrogens is 1. The minimum atomic E-state index is -0.774. The van der Waals surface area contributed by atoms with Crippen LogP contribution in [0.1, 0.15) is 61.4 Å². The van der Waals surface area contributed by atoms with Crippen molar-refractivity contribution in [3.05, 3.63) is 59.8 Å². The van der Waals surface area contributed by atoms with Crippen molar-refractivity contribution < 1.29 is 23.9 Å². The van der Waals surface area contributed by atoms with Gasteiger partial charge in [0, 0.05) is 61.2 Å². The Kier molecular flexibility index (Phi) is 7.85. The lowest BCUT2D eigenvalue weighted by Gasteiger charge is -2.41. The monoisotopic (exact) mass is 558 g/mol. The van der Waals surface area contributed by atoms with Gasteiger partial charge in [-0.1, -0.05) is 43.9 Å². The number of amides is 3. The molecule has 2 N–H and O–H groups in total. The zero-order chi connectivity index (χ0) is 28.3. The van der Waals surface area contributed by atoms with Crippen LogP contribution in [0.25, 0.3) is 10.9 Å². The average molecular weight is 559 g/mol. The summed E-state index contributed by atoms with van der Waals surface area (Å²) in [6.07, 6.45) is 8.82. The Morgan fingerprint density at radius 3 is 2.68 bits per heavy atom. The normalized spacial score (nSPS) is 19.5. The molecule has 9 nitrogen and oxygen atoms in total. The van der Waals surface area contributed by atoms with Gasteiger partial charge in [-0.3, -0.25) is 14.4 Å². The number of carbonyl (C=O) groups excluding carboxylic acids is 3. The van der Waals surface area contributed by atoms with Crippen molar-refractivity contribution in [3.8, 4) is 11.5 Å². The van der Waals surface area contributed by atoms with Crippen LogP contribution in [0.2, 0.25) is 0 Å². The van der Waals surface area contributed by atoms with Gasteiger partial charge in [0.2, 0.25) is 18.6 Å². The minimum Gasteiger partial charge on any atom is -0.454 e. The van der Waals surface area contributed by atoms with E-state index < -0.39 is 6.04 Å². The van der Waals surface area contributed by atoms with E-state index in [0.29, 0.717) is 55.5 Å². The Balaban J connectivity index is 1.16. The highest BCUT2D eigenvalue weighted by Crippen LogP contribution is 2.33. The van der Waals surface area contributed by atoms with Gasteiger partial charge in [-0.05, 0) is 49.1 Å². The molecular formula is C32H38N4O5. The fourth-order valence-corrected chi connectivity index (χ4v) is 6.52. The summed E-state index contributed by atoms with van der Waals surface area (Å²) in [4.78, 5) is 47.4. The van der Waals surface area contributed by atoms with E-state index in [4.69, 9.17) is 9.47 Å². The molecule has 6 rings (SSSR count). The summed E-state index contributed by atoms with van der Waals surface area (Å²) in [6.45, 7) is 3.52. The lowest BCUT2D eigenvalue weighted by Crippen LogP contribution is -2.59. The molecule has 41 heavy (non-hydrogen) atoms. The fraction of sp³-hybridized carbons (Fsp3) is 0.469. The number of nitrogens with one attached hydrogen (secondary N) is 2. The number of benzene rings is 2. The summed E-state index contributed by atoms with van der Waals surface area (Å²) in [5, 5.41) is 4.03. The third-order valence-corrected chi connectivity index (χ3v) is 8.84. The number of nitrogens with zero attached hydrogens (tertiary/aromatic N) is 2. The van der Waals surface area contributed by atoms with Crippen LogP contribution < -0.4 is 14.8 Å². The number of aromatic amines is 1. The van der Waals surface area contributed by atoms with Crippen LogP contribution >= 0.6 is 0 Å². The van der Waals surface area contributed by atoms with Crippen LogP contribution in [-0.4, -0.2) is 71.0 Å². The molecular weight excluding hydrogens is 520 g/mol. The van der Waals surface area contributed by atoms with E-state index in [9.17, 15) is 14.4 Å². The number of ether oxygens (including phenoxy) is 2. The first kappa shape index (κ1) is 27.2. The highest BCUT2D eigenvalue weighted by Gasteiger charge is 2.34. The van der Waals surface area contributed by atoms with Gasteiger partial charge >= 0.3 is 0 Å². The molecule has 9 heteroatoms. The summed E-state index contributed by atoms with van der Waals surface area (Å²) in [6, 6.07) is 12.1. The van der Waals surface area contributed by atoms with Gasteiger partial charge in [-0.15, -0.1) is 0 Å². The van der Waals surface area contributed by atoms with Gasteiger partial charge < -0.3 is 29.6 Å². The SMILES string of the molecule is CC1CN(C(=O)C(Cc2c[nH]c3ccccc23)NC(=O)c2ccc3c(c2)OCO3)CCN1C(=O)CCC1CCCC1. The third kappa shape index (κ3) is 5.89. The largest absolute Gasteiger partial charge is 0.454 e. The van der Waals surface area contributed by atoms with E-state index in [2.05, 4.69) is 10.3 Å². The molecule has 3 heterocycles. The van der Waals surface area contributed by atoms with Crippen molar-refractivity contribution in [3.63, 3.8) is 0 Å². The molecule has 1 aromatic heterocycles. The van der Waals surface area contributed by atoms with Gasteiger partial charge in [0.05, 0.1) is 0 Å². The zero-order valence-corrected chi connectivity index (χ0v) is 23.6. The highest BCUT2D eigenvalue weighted by atomic mass is 16.7. The van der Waals surface area contributed by atoms with E-state index in [1.165, 1.54) is 25.7 Å². The van der Waals surface area contributed by atoms with E-state index >= 15 is 0 Å². The first-order chi connectivity index (χ1) is 20.0. The predicted molar refractivity (Wildman–Crippen MR) is 155 cm³/mol. The molecule has 2 unspecified atom stereocenters. The molecule has 2 aromatic carbocycles. The molecule has 0 spiro atoms. The van der Waals surface area contributed by atoms with Crippen LogP contribution in [0.5, 0.6) is 11.5 Å². The van der Waals surface area contributed by atoms with Crippen LogP contribution in [0.3, 0.4) is 0 Å². The maximum absolute atomic E-state index is 14.0. The van der Waals surface area contributed by atoms with Crippen LogP contribution in [-0.2, 0) is 16.0 Å². The summed E-state index contributed by atoms with van der Waals surface area (Å²) < 4.78 is 10.8. The molecule has 2 aliphatic heterocycles. The Hall–Kier alpha value is -4.01. The molecule has 1 saturated carbocycles. The summed E-state index contributed by atoms with van der Waals surface area (Å²) >= 11 is 0. The first-order valence-corrected chi connectivity index (χ1v) is 14.8. The molecule has 1 aliphatic carbocycles. The van der Waals surface area contributed by atoms with Crippen molar-refractivity contribution in [1.82, 2.24) is 20.1 Å². The molecule has 1 saturated heterocycles. The Labute approximate surface area is 240 Å². The number of rotatable bonds is 8. The quantitative estimate of drug-likeness (QED) is 0.430. The van der Waals surface area contributed by atoms with Crippen LogP contribution in [0, 0.1) is 5.92 Å². The molecule has 3 aromatic rings. The smallest absolute Gasteiger partial charge is 0.252 e. The van der Waals surface area contributed by atoms with Crippen molar-refractivity contribution in [2.45, 2.75) is 64.0 Å². The summed E-state index contributed by atoms with van der Waals surface area (Å²) in [7, 11) is 0. The molecule has 0 radical (unpaired) electrons. The van der Waals surface area contributed by atoms with Crippen molar-refractivity contribution in [2.75, 3.05) is 26.4 Å².